The summed E-state index contributed by atoms with van der Waals surface area (Å²) >= 11 is 0. The van der Waals surface area contributed by atoms with Crippen LogP contribution in [0.25, 0.3) is 0 Å². The average molecular weight is 262 g/mol. The van der Waals surface area contributed by atoms with Crippen molar-refractivity contribution in [3.63, 3.8) is 0 Å². The lowest BCUT2D eigenvalue weighted by Gasteiger charge is -2.34. The first-order chi connectivity index (χ1) is 8.14. The first-order valence-corrected chi connectivity index (χ1v) is 7.95. The Kier molecular flexibility index (Phi) is 4.41. The van der Waals surface area contributed by atoms with Gasteiger partial charge in [0.1, 0.15) is 0 Å². The Morgan fingerprint density at radius 1 is 1.24 bits per heavy atom. The number of rotatable bonds is 3. The van der Waals surface area contributed by atoms with Crippen LogP contribution in [0.3, 0.4) is 0 Å². The van der Waals surface area contributed by atoms with E-state index >= 15 is 0 Å². The summed E-state index contributed by atoms with van der Waals surface area (Å²) in [5.74, 6) is 0.283. The number of sulfonamides is 1. The van der Waals surface area contributed by atoms with Crippen LogP contribution in [-0.4, -0.2) is 55.9 Å². The van der Waals surface area contributed by atoms with Gasteiger partial charge in [-0.3, -0.25) is 0 Å². The smallest absolute Gasteiger partial charge is 0.218 e. The van der Waals surface area contributed by atoms with Crippen molar-refractivity contribution in [3.05, 3.63) is 0 Å². The highest BCUT2D eigenvalue weighted by atomic mass is 32.2. The monoisotopic (exact) mass is 262 g/mol. The highest BCUT2D eigenvalue weighted by Gasteiger charge is 2.34. The van der Waals surface area contributed by atoms with Gasteiger partial charge in [0.15, 0.2) is 0 Å². The molecule has 2 saturated heterocycles. The van der Waals surface area contributed by atoms with E-state index in [1.54, 1.807) is 4.31 Å². The maximum atomic E-state index is 12.4. The van der Waals surface area contributed by atoms with Crippen LogP contribution in [0.5, 0.6) is 0 Å². The van der Waals surface area contributed by atoms with Crippen LogP contribution < -0.4 is 5.32 Å². The summed E-state index contributed by atoms with van der Waals surface area (Å²) < 4.78 is 26.3. The quantitative estimate of drug-likeness (QED) is 0.737. The predicted molar refractivity (Wildman–Crippen MR) is 66.2 cm³/mol. The van der Waals surface area contributed by atoms with E-state index in [4.69, 9.17) is 5.11 Å². The zero-order valence-corrected chi connectivity index (χ0v) is 11.0. The van der Waals surface area contributed by atoms with Crippen molar-refractivity contribution in [1.29, 1.82) is 0 Å². The molecule has 1 atom stereocenters. The molecule has 17 heavy (non-hydrogen) atoms. The van der Waals surface area contributed by atoms with Crippen molar-refractivity contribution in [1.82, 2.24) is 9.62 Å². The molecule has 0 aromatic heterocycles. The second-order valence-corrected chi connectivity index (χ2v) is 7.25. The van der Waals surface area contributed by atoms with Gasteiger partial charge in [0, 0.05) is 26.2 Å². The third-order valence-corrected chi connectivity index (χ3v) is 6.19. The summed E-state index contributed by atoms with van der Waals surface area (Å²) in [6, 6.07) is 0. The fourth-order valence-corrected chi connectivity index (χ4v) is 4.57. The molecule has 0 saturated carbocycles. The molecule has 0 amide bonds. The van der Waals surface area contributed by atoms with Gasteiger partial charge in [-0.15, -0.1) is 0 Å². The molecule has 0 spiro atoms. The molecule has 2 fully saturated rings. The number of hydrogen-bond donors (Lipinski definition) is 2. The van der Waals surface area contributed by atoms with Crippen molar-refractivity contribution >= 4 is 10.0 Å². The summed E-state index contributed by atoms with van der Waals surface area (Å²) in [5.41, 5.74) is 0. The number of piperidine rings is 2. The number of hydrogen-bond acceptors (Lipinski definition) is 4. The van der Waals surface area contributed by atoms with E-state index in [0.29, 0.717) is 19.6 Å². The minimum atomic E-state index is -3.13. The first kappa shape index (κ1) is 13.3. The molecule has 2 N–H and O–H groups in total. The van der Waals surface area contributed by atoms with Gasteiger partial charge in [0.05, 0.1) is 5.25 Å². The normalized spacial score (nSPS) is 29.4. The molecule has 0 radical (unpaired) electrons. The Balaban J connectivity index is 1.96. The third kappa shape index (κ3) is 2.99. The molecule has 0 aromatic rings. The summed E-state index contributed by atoms with van der Waals surface area (Å²) in [7, 11) is -3.13. The largest absolute Gasteiger partial charge is 0.396 e. The molecule has 2 aliphatic rings. The summed E-state index contributed by atoms with van der Waals surface area (Å²) in [6.45, 7) is 2.84. The van der Waals surface area contributed by atoms with E-state index in [1.165, 1.54) is 0 Å². The third-order valence-electron chi connectivity index (χ3n) is 3.86. The van der Waals surface area contributed by atoms with Gasteiger partial charge in [-0.05, 0) is 38.1 Å². The number of nitrogens with zero attached hydrogens (tertiary/aromatic N) is 1. The van der Waals surface area contributed by atoms with Crippen molar-refractivity contribution in [2.75, 3.05) is 32.8 Å². The fraction of sp³-hybridized carbons (Fsp3) is 1.00. The van der Waals surface area contributed by atoms with E-state index in [0.717, 1.165) is 32.2 Å². The van der Waals surface area contributed by atoms with Crippen LogP contribution in [0.4, 0.5) is 0 Å². The molecule has 5 nitrogen and oxygen atoms in total. The summed E-state index contributed by atoms with van der Waals surface area (Å²) in [5, 5.41) is 12.0. The molecule has 2 rings (SSSR count). The first-order valence-electron chi connectivity index (χ1n) is 6.45. The maximum absolute atomic E-state index is 12.4. The maximum Gasteiger partial charge on any atom is 0.218 e. The van der Waals surface area contributed by atoms with Gasteiger partial charge < -0.3 is 10.4 Å². The topological polar surface area (TPSA) is 69.6 Å². The van der Waals surface area contributed by atoms with E-state index in [9.17, 15) is 8.42 Å². The number of aliphatic hydroxyl groups is 1. The van der Waals surface area contributed by atoms with Crippen molar-refractivity contribution < 1.29 is 13.5 Å². The van der Waals surface area contributed by atoms with Crippen LogP contribution in [0.2, 0.25) is 0 Å². The molecular formula is C11H22N2O3S. The van der Waals surface area contributed by atoms with Crippen LogP contribution in [0.15, 0.2) is 0 Å². The Hall–Kier alpha value is -0.170. The molecule has 0 aromatic carbocycles. The van der Waals surface area contributed by atoms with Crippen LogP contribution >= 0.6 is 0 Å². The van der Waals surface area contributed by atoms with E-state index in [2.05, 4.69) is 5.32 Å². The van der Waals surface area contributed by atoms with Crippen LogP contribution in [0, 0.1) is 5.92 Å². The molecule has 2 aliphatic heterocycles. The lowest BCUT2D eigenvalue weighted by molar-refractivity contribution is 0.169. The molecule has 2 heterocycles. The number of aliphatic hydroxyl groups excluding tert-OH is 1. The lowest BCUT2D eigenvalue weighted by atomic mass is 10.00. The number of nitrogens with one attached hydrogen (secondary N) is 1. The molecule has 6 heteroatoms. The minimum absolute atomic E-state index is 0.179. The Labute approximate surface area is 103 Å². The summed E-state index contributed by atoms with van der Waals surface area (Å²) in [4.78, 5) is 0. The molecule has 1 unspecified atom stereocenters. The van der Waals surface area contributed by atoms with Crippen molar-refractivity contribution in [2.24, 2.45) is 5.92 Å². The van der Waals surface area contributed by atoms with Crippen molar-refractivity contribution in [3.8, 4) is 0 Å². The highest BCUT2D eigenvalue weighted by molar-refractivity contribution is 7.89. The van der Waals surface area contributed by atoms with Gasteiger partial charge in [-0.2, -0.15) is 0 Å². The summed E-state index contributed by atoms with van der Waals surface area (Å²) in [6.07, 6.45) is 3.29. The Bertz CT molecular complexity index is 331. The van der Waals surface area contributed by atoms with Gasteiger partial charge in [0.25, 0.3) is 0 Å². The molecule has 0 bridgehead atoms. The molecular weight excluding hydrogens is 240 g/mol. The van der Waals surface area contributed by atoms with Gasteiger partial charge in [-0.25, -0.2) is 12.7 Å². The average Bonchev–Trinajstić information content (AvgIpc) is 2.40. The minimum Gasteiger partial charge on any atom is -0.396 e. The van der Waals surface area contributed by atoms with E-state index in [-0.39, 0.29) is 17.8 Å². The fourth-order valence-electron chi connectivity index (χ4n) is 2.63. The van der Waals surface area contributed by atoms with Crippen LogP contribution in [-0.2, 0) is 10.0 Å². The van der Waals surface area contributed by atoms with E-state index < -0.39 is 10.0 Å². The van der Waals surface area contributed by atoms with E-state index in [1.807, 2.05) is 0 Å². The zero-order chi connectivity index (χ0) is 12.3. The van der Waals surface area contributed by atoms with Gasteiger partial charge in [-0.1, -0.05) is 0 Å². The van der Waals surface area contributed by atoms with Gasteiger partial charge >= 0.3 is 0 Å². The molecule has 100 valence electrons. The second kappa shape index (κ2) is 5.65. The Morgan fingerprint density at radius 2 is 1.94 bits per heavy atom. The van der Waals surface area contributed by atoms with Crippen molar-refractivity contribution in [2.45, 2.75) is 30.9 Å². The standard InChI is InChI=1S/C11H22N2O3S/c14-9-10-3-6-13(7-4-10)17(15,16)11-2-1-5-12-8-11/h10-12,14H,1-9H2. The van der Waals surface area contributed by atoms with Gasteiger partial charge in [0.2, 0.25) is 10.0 Å². The Morgan fingerprint density at radius 3 is 2.47 bits per heavy atom. The SMILES string of the molecule is O=S(=O)(C1CCCNC1)N1CCC(CO)CC1. The lowest BCUT2D eigenvalue weighted by Crippen LogP contribution is -2.48. The van der Waals surface area contributed by atoms with Crippen LogP contribution in [0.1, 0.15) is 25.7 Å². The highest BCUT2D eigenvalue weighted by Crippen LogP contribution is 2.23. The molecule has 0 aliphatic carbocycles. The second-order valence-electron chi connectivity index (χ2n) is 5.04. The zero-order valence-electron chi connectivity index (χ0n) is 10.1. The predicted octanol–water partition coefficient (Wildman–Crippen LogP) is -0.227.